The van der Waals surface area contributed by atoms with Gasteiger partial charge in [0.1, 0.15) is 0 Å². The molecule has 2 saturated heterocycles. The van der Waals surface area contributed by atoms with Gasteiger partial charge in [0.05, 0.1) is 6.04 Å². The van der Waals surface area contributed by atoms with E-state index in [1.165, 1.54) is 38.5 Å². The Morgan fingerprint density at radius 3 is 2.55 bits per heavy atom. The van der Waals surface area contributed by atoms with E-state index >= 15 is 0 Å². The van der Waals surface area contributed by atoms with Crippen molar-refractivity contribution in [2.75, 3.05) is 32.7 Å². The molecule has 4 heteroatoms. The van der Waals surface area contributed by atoms with Gasteiger partial charge in [-0.05, 0) is 38.5 Å². The van der Waals surface area contributed by atoms with E-state index in [1.807, 2.05) is 0 Å². The largest absolute Gasteiger partial charge is 0.338 e. The molecule has 3 atom stereocenters. The van der Waals surface area contributed by atoms with Crippen LogP contribution in [0.3, 0.4) is 0 Å². The van der Waals surface area contributed by atoms with Crippen molar-refractivity contribution in [3.05, 3.63) is 0 Å². The molecule has 3 rings (SSSR count). The first-order valence-corrected chi connectivity index (χ1v) is 8.52. The molecule has 2 heterocycles. The van der Waals surface area contributed by atoms with Crippen LogP contribution in [0.2, 0.25) is 0 Å². The van der Waals surface area contributed by atoms with Gasteiger partial charge >= 0.3 is 0 Å². The number of rotatable bonds is 2. The van der Waals surface area contributed by atoms with Crippen LogP contribution >= 0.6 is 0 Å². The summed E-state index contributed by atoms with van der Waals surface area (Å²) >= 11 is 0. The summed E-state index contributed by atoms with van der Waals surface area (Å²) in [5.41, 5.74) is 0. The smallest absolute Gasteiger partial charge is 0.239 e. The van der Waals surface area contributed by atoms with Crippen molar-refractivity contribution < 1.29 is 4.79 Å². The van der Waals surface area contributed by atoms with Gasteiger partial charge in [-0.2, -0.15) is 0 Å². The Hall–Kier alpha value is -0.610. The summed E-state index contributed by atoms with van der Waals surface area (Å²) in [6.45, 7) is 7.16. The summed E-state index contributed by atoms with van der Waals surface area (Å²) in [5.74, 6) is 1.18. The maximum absolute atomic E-state index is 12.9. The first kappa shape index (κ1) is 14.3. The molecule has 0 radical (unpaired) electrons. The Kier molecular flexibility index (Phi) is 4.61. The number of carbonyl (C=O) groups is 1. The second-order valence-electron chi connectivity index (χ2n) is 6.75. The first-order valence-electron chi connectivity index (χ1n) is 8.52. The molecule has 3 fully saturated rings. The molecule has 20 heavy (non-hydrogen) atoms. The molecule has 0 spiro atoms. The lowest BCUT2D eigenvalue weighted by atomic mass is 9.78. The van der Waals surface area contributed by atoms with Crippen molar-refractivity contribution in [2.45, 2.75) is 57.5 Å². The lowest BCUT2D eigenvalue weighted by Gasteiger charge is -2.46. The highest BCUT2D eigenvalue weighted by Crippen LogP contribution is 2.35. The minimum absolute atomic E-state index is 0.0674. The highest BCUT2D eigenvalue weighted by Gasteiger charge is 2.38. The summed E-state index contributed by atoms with van der Waals surface area (Å²) in [4.78, 5) is 17.5. The lowest BCUT2D eigenvalue weighted by molar-refractivity contribution is -0.143. The third kappa shape index (κ3) is 2.86. The maximum atomic E-state index is 12.9. The lowest BCUT2D eigenvalue weighted by Crippen LogP contribution is -2.58. The Morgan fingerprint density at radius 1 is 1.05 bits per heavy atom. The minimum atomic E-state index is 0.0674. The molecule has 1 saturated carbocycles. The number of hydrogen-bond acceptors (Lipinski definition) is 3. The van der Waals surface area contributed by atoms with E-state index in [-0.39, 0.29) is 6.04 Å². The van der Waals surface area contributed by atoms with E-state index in [0.717, 1.165) is 38.6 Å². The number of carbonyl (C=O) groups excluding carboxylic acids is 1. The summed E-state index contributed by atoms with van der Waals surface area (Å²) in [6.07, 6.45) is 7.82. The van der Waals surface area contributed by atoms with Gasteiger partial charge in [0.2, 0.25) is 5.91 Å². The van der Waals surface area contributed by atoms with Gasteiger partial charge in [-0.1, -0.05) is 12.8 Å². The molecule has 3 aliphatic rings. The van der Waals surface area contributed by atoms with Crippen LogP contribution in [0.25, 0.3) is 0 Å². The SMILES string of the molecule is CC(C(=O)N1CCC[C@H]2CCCC[C@H]21)N1CCNCC1. The zero-order chi connectivity index (χ0) is 13.9. The molecule has 0 aromatic rings. The molecular formula is C16H29N3O. The number of nitrogens with one attached hydrogen (secondary N) is 1. The zero-order valence-electron chi connectivity index (χ0n) is 12.8. The fourth-order valence-electron chi connectivity index (χ4n) is 4.36. The number of amides is 1. The highest BCUT2D eigenvalue weighted by molar-refractivity contribution is 5.82. The van der Waals surface area contributed by atoms with Crippen molar-refractivity contribution in [3.8, 4) is 0 Å². The number of piperazine rings is 1. The molecule has 4 nitrogen and oxygen atoms in total. The second kappa shape index (κ2) is 6.44. The Balaban J connectivity index is 1.65. The van der Waals surface area contributed by atoms with Crippen molar-refractivity contribution >= 4 is 5.91 Å². The minimum Gasteiger partial charge on any atom is -0.338 e. The molecule has 1 aliphatic carbocycles. The van der Waals surface area contributed by atoms with Crippen LogP contribution in [0.5, 0.6) is 0 Å². The molecule has 0 aromatic heterocycles. The van der Waals surface area contributed by atoms with Crippen LogP contribution < -0.4 is 5.32 Å². The normalized spacial score (nSPS) is 33.5. The maximum Gasteiger partial charge on any atom is 0.239 e. The molecular weight excluding hydrogens is 250 g/mol. The predicted octanol–water partition coefficient (Wildman–Crippen LogP) is 1.46. The fraction of sp³-hybridized carbons (Fsp3) is 0.938. The van der Waals surface area contributed by atoms with Crippen LogP contribution in [0.1, 0.15) is 45.4 Å². The molecule has 114 valence electrons. The average molecular weight is 279 g/mol. The summed E-state index contributed by atoms with van der Waals surface area (Å²) in [5, 5.41) is 3.37. The number of hydrogen-bond donors (Lipinski definition) is 1. The van der Waals surface area contributed by atoms with E-state index < -0.39 is 0 Å². The Bertz CT molecular complexity index is 339. The van der Waals surface area contributed by atoms with Crippen LogP contribution in [0.4, 0.5) is 0 Å². The number of fused-ring (bicyclic) bond motifs is 1. The van der Waals surface area contributed by atoms with Crippen molar-refractivity contribution in [3.63, 3.8) is 0 Å². The van der Waals surface area contributed by atoms with Gasteiger partial charge < -0.3 is 10.2 Å². The summed E-state index contributed by atoms with van der Waals surface area (Å²) in [7, 11) is 0. The summed E-state index contributed by atoms with van der Waals surface area (Å²) in [6, 6.07) is 0.619. The fourth-order valence-corrected chi connectivity index (χ4v) is 4.36. The van der Waals surface area contributed by atoms with E-state index in [2.05, 4.69) is 22.0 Å². The predicted molar refractivity (Wildman–Crippen MR) is 80.6 cm³/mol. The van der Waals surface area contributed by atoms with E-state index in [9.17, 15) is 4.79 Å². The molecule has 1 N–H and O–H groups in total. The molecule has 0 bridgehead atoms. The molecule has 2 aliphatic heterocycles. The van der Waals surface area contributed by atoms with E-state index in [4.69, 9.17) is 0 Å². The topological polar surface area (TPSA) is 35.6 Å². The van der Waals surface area contributed by atoms with Crippen LogP contribution in [-0.2, 0) is 4.79 Å². The molecule has 1 unspecified atom stereocenters. The average Bonchev–Trinajstić information content (AvgIpc) is 2.54. The third-order valence-corrected chi connectivity index (χ3v) is 5.58. The van der Waals surface area contributed by atoms with Crippen molar-refractivity contribution in [1.82, 2.24) is 15.1 Å². The quantitative estimate of drug-likeness (QED) is 0.831. The van der Waals surface area contributed by atoms with Gasteiger partial charge in [-0.3, -0.25) is 9.69 Å². The van der Waals surface area contributed by atoms with Gasteiger partial charge in [0.15, 0.2) is 0 Å². The van der Waals surface area contributed by atoms with Gasteiger partial charge in [0.25, 0.3) is 0 Å². The van der Waals surface area contributed by atoms with E-state index in [1.54, 1.807) is 0 Å². The van der Waals surface area contributed by atoms with Gasteiger partial charge in [0, 0.05) is 38.8 Å². The first-order chi connectivity index (χ1) is 9.77. The van der Waals surface area contributed by atoms with E-state index in [0.29, 0.717) is 11.9 Å². The number of likely N-dealkylation sites (tertiary alicyclic amines) is 1. The highest BCUT2D eigenvalue weighted by atomic mass is 16.2. The number of nitrogens with zero attached hydrogens (tertiary/aromatic N) is 2. The van der Waals surface area contributed by atoms with Gasteiger partial charge in [-0.15, -0.1) is 0 Å². The van der Waals surface area contributed by atoms with Gasteiger partial charge in [-0.25, -0.2) is 0 Å². The number of piperidine rings is 1. The third-order valence-electron chi connectivity index (χ3n) is 5.58. The van der Waals surface area contributed by atoms with Crippen molar-refractivity contribution in [1.29, 1.82) is 0 Å². The summed E-state index contributed by atoms with van der Waals surface area (Å²) < 4.78 is 0. The molecule has 1 amide bonds. The second-order valence-corrected chi connectivity index (χ2v) is 6.75. The van der Waals surface area contributed by atoms with Crippen molar-refractivity contribution in [2.24, 2.45) is 5.92 Å². The molecule has 0 aromatic carbocycles. The van der Waals surface area contributed by atoms with Crippen LogP contribution in [-0.4, -0.2) is 60.5 Å². The van der Waals surface area contributed by atoms with Crippen LogP contribution in [0, 0.1) is 5.92 Å². The zero-order valence-corrected chi connectivity index (χ0v) is 12.8. The standard InChI is InChI=1S/C16H29N3O/c1-13(18-11-8-17-9-12-18)16(20)19-10-4-6-14-5-2-3-7-15(14)19/h13-15,17H,2-12H2,1H3/t13?,14-,15-/m1/s1. The van der Waals surface area contributed by atoms with Crippen LogP contribution in [0.15, 0.2) is 0 Å². The Morgan fingerprint density at radius 2 is 1.75 bits per heavy atom. The Labute approximate surface area is 122 Å². The monoisotopic (exact) mass is 279 g/mol.